The molecule has 7 rings (SSSR count). The van der Waals surface area contributed by atoms with Gasteiger partial charge in [-0.05, 0) is 94.5 Å². The molecule has 52 heavy (non-hydrogen) atoms. The summed E-state index contributed by atoms with van der Waals surface area (Å²) >= 11 is 13.5. The number of rotatable bonds is 9. The number of benzene rings is 3. The molecular weight excluding hydrogens is 701 g/mol. The molecule has 1 amide bonds. The maximum atomic E-state index is 15.1. The van der Waals surface area contributed by atoms with Crippen LogP contribution >= 0.6 is 23.2 Å². The molecule has 1 aliphatic rings. The molecule has 0 radical (unpaired) electrons. The lowest BCUT2D eigenvalue weighted by Crippen LogP contribution is -2.43. The number of amides is 1. The van der Waals surface area contributed by atoms with Crippen molar-refractivity contribution < 1.29 is 24.2 Å². The Labute approximate surface area is 311 Å². The molecule has 0 unspecified atom stereocenters. The number of carbonyl (C=O) groups excluding carboxylic acids is 1. The van der Waals surface area contributed by atoms with E-state index in [2.05, 4.69) is 14.6 Å². The van der Waals surface area contributed by atoms with Crippen LogP contribution in [0.1, 0.15) is 68.4 Å². The Kier molecular flexibility index (Phi) is 9.17. The first kappa shape index (κ1) is 35.3. The smallest absolute Gasteiger partial charge is 0.356 e. The fourth-order valence-corrected chi connectivity index (χ4v) is 8.06. The van der Waals surface area contributed by atoms with E-state index < -0.39 is 5.97 Å². The number of aromatic carboxylic acids is 1. The maximum Gasteiger partial charge on any atom is 0.356 e. The highest BCUT2D eigenvalue weighted by Gasteiger charge is 2.40. The Hall–Kier alpha value is -5.06. The van der Waals surface area contributed by atoms with Gasteiger partial charge in [-0.15, -0.1) is 0 Å². The molecule has 3 aromatic carbocycles. The molecule has 1 N–H and O–H groups in total. The SMILES string of the molecule is COc1c(N2C[C@@H](C)n3c(c(CCCOc4cc(C)c(Cl)c(C)c4)c4ccc(Cl)c(-c5c(C)nn(C)c5C)c43)C2=O)c(C(=O)O)nc2ccccc12. The molecular formula is C40H39Cl2N5O5. The van der Waals surface area contributed by atoms with Crippen molar-refractivity contribution in [2.75, 3.05) is 25.2 Å². The first-order valence-electron chi connectivity index (χ1n) is 17.1. The second-order valence-electron chi connectivity index (χ2n) is 13.4. The third-order valence-electron chi connectivity index (χ3n) is 10.1. The summed E-state index contributed by atoms with van der Waals surface area (Å²) in [6, 6.07) is 14.6. The van der Waals surface area contributed by atoms with Gasteiger partial charge in [0.2, 0.25) is 0 Å². The van der Waals surface area contributed by atoms with Gasteiger partial charge in [0.25, 0.3) is 5.91 Å². The number of methoxy groups -OCH3 is 1. The van der Waals surface area contributed by atoms with Crippen LogP contribution in [0.2, 0.25) is 10.0 Å². The van der Waals surface area contributed by atoms with E-state index in [0.29, 0.717) is 46.1 Å². The first-order valence-corrected chi connectivity index (χ1v) is 17.9. The molecule has 268 valence electrons. The van der Waals surface area contributed by atoms with Crippen molar-refractivity contribution in [3.05, 3.63) is 98.0 Å². The summed E-state index contributed by atoms with van der Waals surface area (Å²) in [7, 11) is 3.38. The standard InChI is InChI=1S/C40H39Cl2N5O5/c1-20-17-25(18-21(2)33(20)42)52-16-10-12-26-27-14-15-29(41)32(31-23(4)44-45(6)24(31)5)35(27)47-22(3)19-46(39(48)36(26)47)37-34(40(49)50)43-30-13-9-8-11-28(30)38(37)51-7/h8-9,11,13-15,17-18,22H,10,12,16,19H2,1-7H3,(H,49,50)/t22-/m1/s1. The molecule has 3 aromatic heterocycles. The maximum absolute atomic E-state index is 15.1. The van der Waals surface area contributed by atoms with Crippen LogP contribution in [0.4, 0.5) is 5.69 Å². The van der Waals surface area contributed by atoms with Gasteiger partial charge >= 0.3 is 5.97 Å². The lowest BCUT2D eigenvalue weighted by atomic mass is 9.98. The van der Waals surface area contributed by atoms with E-state index in [1.807, 2.05) is 82.7 Å². The number of aryl methyl sites for hydroxylation is 5. The molecule has 6 aromatic rings. The Morgan fingerprint density at radius 1 is 1.02 bits per heavy atom. The lowest BCUT2D eigenvalue weighted by Gasteiger charge is -2.35. The second-order valence-corrected chi connectivity index (χ2v) is 14.2. The zero-order valence-corrected chi connectivity index (χ0v) is 31.6. The van der Waals surface area contributed by atoms with E-state index in [4.69, 9.17) is 32.7 Å². The fraction of sp³-hybridized carbons (Fsp3) is 0.300. The highest BCUT2D eigenvalue weighted by molar-refractivity contribution is 6.35. The average molecular weight is 741 g/mol. The zero-order valence-electron chi connectivity index (χ0n) is 30.1. The number of fused-ring (bicyclic) bond motifs is 4. The number of para-hydroxylation sites is 1. The van der Waals surface area contributed by atoms with Crippen molar-refractivity contribution in [3.63, 3.8) is 0 Å². The van der Waals surface area contributed by atoms with Crippen LogP contribution < -0.4 is 14.4 Å². The number of anilines is 1. The molecule has 0 saturated heterocycles. The largest absolute Gasteiger partial charge is 0.494 e. The van der Waals surface area contributed by atoms with Crippen LogP contribution in [0, 0.1) is 27.7 Å². The van der Waals surface area contributed by atoms with E-state index in [1.165, 1.54) is 12.0 Å². The number of carboxylic acids is 1. The Morgan fingerprint density at radius 3 is 2.38 bits per heavy atom. The molecule has 0 bridgehead atoms. The molecule has 1 atom stereocenters. The number of hydrogen-bond donors (Lipinski definition) is 1. The van der Waals surface area contributed by atoms with Crippen LogP contribution in [0.5, 0.6) is 11.5 Å². The summed E-state index contributed by atoms with van der Waals surface area (Å²) in [6.45, 7) is 10.4. The quantitative estimate of drug-likeness (QED) is 0.147. The van der Waals surface area contributed by atoms with Crippen LogP contribution in [0.25, 0.3) is 32.9 Å². The van der Waals surface area contributed by atoms with Gasteiger partial charge in [-0.2, -0.15) is 5.10 Å². The normalized spacial score (nSPS) is 14.4. The van der Waals surface area contributed by atoms with Crippen molar-refractivity contribution >= 4 is 62.6 Å². The molecule has 0 spiro atoms. The monoisotopic (exact) mass is 739 g/mol. The number of carbonyl (C=O) groups is 2. The van der Waals surface area contributed by atoms with Crippen LogP contribution in [-0.4, -0.2) is 56.6 Å². The van der Waals surface area contributed by atoms with Gasteiger partial charge in [-0.1, -0.05) is 41.4 Å². The van der Waals surface area contributed by atoms with Gasteiger partial charge in [-0.25, -0.2) is 9.78 Å². The zero-order chi connectivity index (χ0) is 37.2. The highest BCUT2D eigenvalue weighted by Crippen LogP contribution is 2.47. The van der Waals surface area contributed by atoms with E-state index in [-0.39, 0.29) is 35.6 Å². The predicted molar refractivity (Wildman–Crippen MR) is 205 cm³/mol. The number of halogens is 2. The minimum absolute atomic E-state index is 0.127. The van der Waals surface area contributed by atoms with Gasteiger partial charge in [0, 0.05) is 52.3 Å². The second kappa shape index (κ2) is 13.5. The summed E-state index contributed by atoms with van der Waals surface area (Å²) in [5.41, 5.74) is 7.82. The third-order valence-corrected chi connectivity index (χ3v) is 11.0. The Bertz CT molecular complexity index is 2430. The van der Waals surface area contributed by atoms with Gasteiger partial charge in [0.15, 0.2) is 11.4 Å². The van der Waals surface area contributed by atoms with Gasteiger partial charge in [-0.3, -0.25) is 14.4 Å². The summed E-state index contributed by atoms with van der Waals surface area (Å²) in [4.78, 5) is 33.9. The molecule has 0 fully saturated rings. The van der Waals surface area contributed by atoms with Crippen molar-refractivity contribution in [2.24, 2.45) is 7.05 Å². The lowest BCUT2D eigenvalue weighted by molar-refractivity contribution is 0.0691. The minimum Gasteiger partial charge on any atom is -0.494 e. The number of ether oxygens (including phenoxy) is 2. The molecule has 10 nitrogen and oxygen atoms in total. The number of pyridine rings is 1. The minimum atomic E-state index is -1.26. The summed E-state index contributed by atoms with van der Waals surface area (Å²) in [5.74, 6) is -0.601. The number of nitrogens with zero attached hydrogens (tertiary/aromatic N) is 5. The molecule has 4 heterocycles. The number of carboxylic acid groups (broad SMARTS) is 1. The summed E-state index contributed by atoms with van der Waals surface area (Å²) in [5, 5.41) is 17.9. The highest BCUT2D eigenvalue weighted by atomic mass is 35.5. The number of hydrogen-bond acceptors (Lipinski definition) is 6. The van der Waals surface area contributed by atoms with Crippen LogP contribution in [-0.2, 0) is 13.5 Å². The van der Waals surface area contributed by atoms with Gasteiger partial charge < -0.3 is 19.1 Å². The summed E-state index contributed by atoms with van der Waals surface area (Å²) in [6.07, 6.45) is 1.10. The van der Waals surface area contributed by atoms with E-state index in [0.717, 1.165) is 55.9 Å². The van der Waals surface area contributed by atoms with E-state index in [9.17, 15) is 9.90 Å². The first-order chi connectivity index (χ1) is 24.8. The van der Waals surface area contributed by atoms with Crippen molar-refractivity contribution in [1.82, 2.24) is 19.3 Å². The molecule has 0 saturated carbocycles. The summed E-state index contributed by atoms with van der Waals surface area (Å²) < 4.78 is 16.0. The Morgan fingerprint density at radius 2 is 1.73 bits per heavy atom. The predicted octanol–water partition coefficient (Wildman–Crippen LogP) is 9.07. The van der Waals surface area contributed by atoms with Gasteiger partial charge in [0.05, 0.1) is 35.5 Å². The van der Waals surface area contributed by atoms with Crippen LogP contribution in [0.3, 0.4) is 0 Å². The van der Waals surface area contributed by atoms with E-state index in [1.54, 1.807) is 12.1 Å². The van der Waals surface area contributed by atoms with Gasteiger partial charge in [0.1, 0.15) is 17.1 Å². The topological polar surface area (TPSA) is 112 Å². The molecule has 12 heteroatoms. The molecule has 0 aliphatic carbocycles. The van der Waals surface area contributed by atoms with Crippen molar-refractivity contribution in [1.29, 1.82) is 0 Å². The molecule has 1 aliphatic heterocycles. The third kappa shape index (κ3) is 5.65. The van der Waals surface area contributed by atoms with Crippen molar-refractivity contribution in [2.45, 2.75) is 53.5 Å². The number of aromatic nitrogens is 4. The van der Waals surface area contributed by atoms with Crippen molar-refractivity contribution in [3.8, 4) is 22.6 Å². The average Bonchev–Trinajstić information content (AvgIpc) is 3.58. The fourth-order valence-electron chi connectivity index (χ4n) is 7.70. The van der Waals surface area contributed by atoms with E-state index >= 15 is 4.79 Å². The van der Waals surface area contributed by atoms with Crippen LogP contribution in [0.15, 0.2) is 48.5 Å². The Balaban J connectivity index is 1.41.